The van der Waals surface area contributed by atoms with Gasteiger partial charge in [-0.05, 0) is 12.5 Å². The minimum absolute atomic E-state index is 0.0577. The minimum Gasteiger partial charge on any atom is -0.494 e. The second kappa shape index (κ2) is 4.93. The molecule has 3 nitrogen and oxygen atoms in total. The Balaban J connectivity index is 2.96. The fourth-order valence-electron chi connectivity index (χ4n) is 1.27. The number of methoxy groups -OCH3 is 1. The number of halogens is 1. The zero-order chi connectivity index (χ0) is 10.6. The lowest BCUT2D eigenvalue weighted by molar-refractivity contribution is 0.275. The molecule has 0 heterocycles. The average Bonchev–Trinajstić information content (AvgIpc) is 2.18. The van der Waals surface area contributed by atoms with E-state index in [4.69, 9.17) is 15.6 Å². The lowest BCUT2D eigenvalue weighted by Gasteiger charge is -2.13. The van der Waals surface area contributed by atoms with Gasteiger partial charge >= 0.3 is 0 Å². The number of benzene rings is 1. The van der Waals surface area contributed by atoms with Gasteiger partial charge in [0, 0.05) is 18.2 Å². The number of hydrogen-bond acceptors (Lipinski definition) is 3. The third kappa shape index (κ3) is 2.21. The molecule has 1 aromatic carbocycles. The predicted octanol–water partition coefficient (Wildman–Crippen LogP) is 1.22. The van der Waals surface area contributed by atoms with E-state index in [9.17, 15) is 4.39 Å². The summed E-state index contributed by atoms with van der Waals surface area (Å²) in [5, 5.41) is 8.68. The normalized spacial score (nSPS) is 12.6. The minimum atomic E-state index is -0.491. The Hall–Kier alpha value is -1.13. The fourth-order valence-corrected chi connectivity index (χ4v) is 1.27. The Kier molecular flexibility index (Phi) is 3.85. The molecule has 0 spiro atoms. The maximum Gasteiger partial charge on any atom is 0.169 e. The van der Waals surface area contributed by atoms with Crippen LogP contribution in [-0.2, 0) is 0 Å². The molecular formula is C10H14FNO2. The lowest BCUT2D eigenvalue weighted by Crippen LogP contribution is -2.14. The molecule has 0 aliphatic heterocycles. The molecule has 3 N–H and O–H groups in total. The van der Waals surface area contributed by atoms with Crippen molar-refractivity contribution >= 4 is 0 Å². The molecule has 0 radical (unpaired) electrons. The van der Waals surface area contributed by atoms with E-state index in [1.54, 1.807) is 12.1 Å². The molecule has 78 valence electrons. The van der Waals surface area contributed by atoms with E-state index in [2.05, 4.69) is 0 Å². The summed E-state index contributed by atoms with van der Waals surface area (Å²) in [5.41, 5.74) is 6.05. The molecule has 0 bridgehead atoms. The van der Waals surface area contributed by atoms with Crippen LogP contribution in [0.5, 0.6) is 5.75 Å². The Bertz CT molecular complexity index is 304. The highest BCUT2D eigenvalue weighted by atomic mass is 19.1. The molecule has 0 aliphatic rings. The highest BCUT2D eigenvalue weighted by Crippen LogP contribution is 2.24. The van der Waals surface area contributed by atoms with Crippen LogP contribution < -0.4 is 10.5 Å². The van der Waals surface area contributed by atoms with Crippen LogP contribution >= 0.6 is 0 Å². The van der Waals surface area contributed by atoms with Crippen molar-refractivity contribution in [3.63, 3.8) is 0 Å². The van der Waals surface area contributed by atoms with Crippen molar-refractivity contribution in [2.24, 2.45) is 5.73 Å². The maximum atomic E-state index is 13.6. The van der Waals surface area contributed by atoms with Gasteiger partial charge in [0.15, 0.2) is 11.6 Å². The molecule has 0 amide bonds. The monoisotopic (exact) mass is 199 g/mol. The molecule has 0 aromatic heterocycles. The molecule has 1 atom stereocenters. The summed E-state index contributed by atoms with van der Waals surface area (Å²) in [5.74, 6) is -0.271. The van der Waals surface area contributed by atoms with Crippen molar-refractivity contribution in [1.29, 1.82) is 0 Å². The van der Waals surface area contributed by atoms with Gasteiger partial charge < -0.3 is 15.6 Å². The maximum absolute atomic E-state index is 13.6. The van der Waals surface area contributed by atoms with Crippen LogP contribution in [0.15, 0.2) is 18.2 Å². The van der Waals surface area contributed by atoms with Crippen LogP contribution in [0.2, 0.25) is 0 Å². The van der Waals surface area contributed by atoms with E-state index < -0.39 is 11.9 Å². The third-order valence-corrected chi connectivity index (χ3v) is 2.05. The molecule has 4 heteroatoms. The summed E-state index contributed by atoms with van der Waals surface area (Å²) < 4.78 is 18.4. The second-order valence-corrected chi connectivity index (χ2v) is 2.98. The highest BCUT2D eigenvalue weighted by Gasteiger charge is 2.14. The van der Waals surface area contributed by atoms with Crippen LogP contribution in [0.1, 0.15) is 18.0 Å². The van der Waals surface area contributed by atoms with Crippen molar-refractivity contribution in [2.75, 3.05) is 13.7 Å². The van der Waals surface area contributed by atoms with Crippen molar-refractivity contribution in [1.82, 2.24) is 0 Å². The molecule has 14 heavy (non-hydrogen) atoms. The number of aliphatic hydroxyl groups excluding tert-OH is 1. The van der Waals surface area contributed by atoms with E-state index in [0.29, 0.717) is 12.0 Å². The zero-order valence-electron chi connectivity index (χ0n) is 8.03. The molecule has 1 aromatic rings. The average molecular weight is 199 g/mol. The predicted molar refractivity (Wildman–Crippen MR) is 51.6 cm³/mol. The fraction of sp³-hybridized carbons (Fsp3) is 0.400. The van der Waals surface area contributed by atoms with E-state index in [1.807, 2.05) is 0 Å². The van der Waals surface area contributed by atoms with E-state index >= 15 is 0 Å². The first-order valence-electron chi connectivity index (χ1n) is 4.39. The van der Waals surface area contributed by atoms with Gasteiger partial charge in [0.2, 0.25) is 0 Å². The molecule has 0 saturated carbocycles. The molecular weight excluding hydrogens is 185 g/mol. The summed E-state index contributed by atoms with van der Waals surface area (Å²) in [6.45, 7) is -0.0577. The van der Waals surface area contributed by atoms with Crippen LogP contribution in [0.3, 0.4) is 0 Å². The van der Waals surface area contributed by atoms with Crippen LogP contribution in [0.4, 0.5) is 4.39 Å². The van der Waals surface area contributed by atoms with Gasteiger partial charge in [-0.2, -0.15) is 0 Å². The number of ether oxygens (including phenoxy) is 1. The third-order valence-electron chi connectivity index (χ3n) is 2.05. The first kappa shape index (κ1) is 10.9. The molecule has 0 saturated heterocycles. The Morgan fingerprint density at radius 2 is 2.29 bits per heavy atom. The molecule has 0 aliphatic carbocycles. The van der Waals surface area contributed by atoms with Crippen molar-refractivity contribution < 1.29 is 14.2 Å². The summed E-state index contributed by atoms with van der Waals surface area (Å²) in [7, 11) is 1.40. The van der Waals surface area contributed by atoms with Gasteiger partial charge in [0.25, 0.3) is 0 Å². The molecule has 1 unspecified atom stereocenters. The smallest absolute Gasteiger partial charge is 0.169 e. The van der Waals surface area contributed by atoms with Crippen molar-refractivity contribution in [3.8, 4) is 5.75 Å². The Morgan fingerprint density at radius 1 is 1.57 bits per heavy atom. The standard InChI is InChI=1S/C10H14FNO2/c1-14-9-4-2-3-7(10(9)11)8(12)5-6-13/h2-4,8,13H,5-6,12H2,1H3. The van der Waals surface area contributed by atoms with Gasteiger partial charge in [-0.15, -0.1) is 0 Å². The Labute approximate surface area is 82.3 Å². The van der Waals surface area contributed by atoms with Crippen LogP contribution in [0.25, 0.3) is 0 Å². The van der Waals surface area contributed by atoms with Crippen LogP contribution in [0, 0.1) is 5.82 Å². The Morgan fingerprint density at radius 3 is 2.86 bits per heavy atom. The lowest BCUT2D eigenvalue weighted by atomic mass is 10.0. The number of aliphatic hydroxyl groups is 1. The first-order valence-corrected chi connectivity index (χ1v) is 4.39. The first-order chi connectivity index (χ1) is 6.70. The van der Waals surface area contributed by atoms with Crippen LogP contribution in [-0.4, -0.2) is 18.8 Å². The van der Waals surface area contributed by atoms with E-state index in [-0.39, 0.29) is 12.4 Å². The number of rotatable bonds is 4. The number of nitrogens with two attached hydrogens (primary N) is 1. The summed E-state index contributed by atoms with van der Waals surface area (Å²) >= 11 is 0. The van der Waals surface area contributed by atoms with Crippen molar-refractivity contribution in [3.05, 3.63) is 29.6 Å². The SMILES string of the molecule is COc1cccc(C(N)CCO)c1F. The van der Waals surface area contributed by atoms with Gasteiger partial charge in [-0.3, -0.25) is 0 Å². The van der Waals surface area contributed by atoms with E-state index in [0.717, 1.165) is 0 Å². The zero-order valence-corrected chi connectivity index (χ0v) is 8.03. The summed E-state index contributed by atoms with van der Waals surface area (Å²) in [6.07, 6.45) is 0.337. The van der Waals surface area contributed by atoms with Gasteiger partial charge in [-0.1, -0.05) is 12.1 Å². The highest BCUT2D eigenvalue weighted by molar-refractivity contribution is 5.32. The van der Waals surface area contributed by atoms with Gasteiger partial charge in [-0.25, -0.2) is 4.39 Å². The topological polar surface area (TPSA) is 55.5 Å². The second-order valence-electron chi connectivity index (χ2n) is 2.98. The number of hydrogen-bond donors (Lipinski definition) is 2. The summed E-state index contributed by atoms with van der Waals surface area (Å²) in [6, 6.07) is 4.31. The largest absolute Gasteiger partial charge is 0.494 e. The quantitative estimate of drug-likeness (QED) is 0.766. The summed E-state index contributed by atoms with van der Waals surface area (Å²) in [4.78, 5) is 0. The van der Waals surface area contributed by atoms with Gasteiger partial charge in [0.05, 0.1) is 7.11 Å². The van der Waals surface area contributed by atoms with Gasteiger partial charge in [0.1, 0.15) is 0 Å². The van der Waals surface area contributed by atoms with Crippen molar-refractivity contribution in [2.45, 2.75) is 12.5 Å². The molecule has 0 fully saturated rings. The molecule has 1 rings (SSSR count). The van der Waals surface area contributed by atoms with E-state index in [1.165, 1.54) is 13.2 Å².